The van der Waals surface area contributed by atoms with Crippen LogP contribution in [0, 0.1) is 0 Å². The number of benzene rings is 8. The fourth-order valence-electron chi connectivity index (χ4n) is 7.88. The number of anilines is 3. The van der Waals surface area contributed by atoms with Gasteiger partial charge in [0.05, 0.1) is 11.2 Å². The lowest BCUT2D eigenvalue weighted by Gasteiger charge is -2.26. The Morgan fingerprint density at radius 3 is 1.19 bits per heavy atom. The minimum atomic E-state index is 1.06. The molecule has 0 saturated heterocycles. The lowest BCUT2D eigenvalue weighted by atomic mass is 10.0. The summed E-state index contributed by atoms with van der Waals surface area (Å²) in [5.41, 5.74) is 17.2. The molecule has 1 aromatic heterocycles. The zero-order chi connectivity index (χ0) is 38.6. The molecule has 0 spiro atoms. The van der Waals surface area contributed by atoms with Crippen LogP contribution < -0.4 is 4.90 Å². The average Bonchev–Trinajstić information content (AvgIpc) is 3.60. The number of hydrogen-bond donors (Lipinski definition) is 0. The monoisotopic (exact) mass is 730 g/mol. The second kappa shape index (κ2) is 15.7. The summed E-state index contributed by atoms with van der Waals surface area (Å²) < 4.78 is 2.35. The van der Waals surface area contributed by atoms with Crippen molar-refractivity contribution < 1.29 is 0 Å². The van der Waals surface area contributed by atoms with Gasteiger partial charge in [-0.15, -0.1) is 0 Å². The third-order valence-corrected chi connectivity index (χ3v) is 10.7. The smallest absolute Gasteiger partial charge is 0.0561 e. The third-order valence-electron chi connectivity index (χ3n) is 10.7. The SMILES string of the molecule is C=Cc1c(/C=C\C)c2ccc(N(c3ccc(-c4ccccc4)cc3)c3ccc(-c4ccccc4)cc3)cc2n1-c1ccc(-c2ccc(-c3ccccc3)cc2)cc1. The Bertz CT molecular complexity index is 2710. The van der Waals surface area contributed by atoms with E-state index in [9.17, 15) is 0 Å². The molecule has 0 saturated carbocycles. The summed E-state index contributed by atoms with van der Waals surface area (Å²) in [6.45, 7) is 6.38. The molecule has 1 heterocycles. The van der Waals surface area contributed by atoms with E-state index in [-0.39, 0.29) is 0 Å². The molecular weight excluding hydrogens is 689 g/mol. The van der Waals surface area contributed by atoms with Gasteiger partial charge in [-0.05, 0) is 106 Å². The molecule has 0 unspecified atom stereocenters. The van der Waals surface area contributed by atoms with Crippen LogP contribution in [0.5, 0.6) is 0 Å². The molecule has 272 valence electrons. The van der Waals surface area contributed by atoms with Crippen LogP contribution in [0.3, 0.4) is 0 Å². The van der Waals surface area contributed by atoms with E-state index in [1.165, 1.54) is 49.9 Å². The van der Waals surface area contributed by atoms with Crippen molar-refractivity contribution in [2.45, 2.75) is 6.92 Å². The summed E-state index contributed by atoms with van der Waals surface area (Å²) >= 11 is 0. The molecule has 0 fully saturated rings. The van der Waals surface area contributed by atoms with Gasteiger partial charge in [0.15, 0.2) is 0 Å². The summed E-state index contributed by atoms with van der Waals surface area (Å²) in [5.74, 6) is 0. The van der Waals surface area contributed by atoms with Gasteiger partial charge in [-0.3, -0.25) is 0 Å². The summed E-state index contributed by atoms with van der Waals surface area (Å²) in [6, 6.07) is 73.9. The van der Waals surface area contributed by atoms with E-state index in [1.54, 1.807) is 0 Å². The van der Waals surface area contributed by atoms with Crippen LogP contribution in [-0.4, -0.2) is 4.57 Å². The summed E-state index contributed by atoms with van der Waals surface area (Å²) in [6.07, 6.45) is 6.28. The van der Waals surface area contributed by atoms with Crippen molar-refractivity contribution >= 4 is 40.1 Å². The van der Waals surface area contributed by atoms with Crippen molar-refractivity contribution in [3.8, 4) is 50.2 Å². The van der Waals surface area contributed by atoms with Gasteiger partial charge < -0.3 is 9.47 Å². The van der Waals surface area contributed by atoms with Crippen LogP contribution in [-0.2, 0) is 0 Å². The predicted octanol–water partition coefficient (Wildman–Crippen LogP) is 15.4. The maximum Gasteiger partial charge on any atom is 0.0561 e. The number of rotatable bonds is 10. The minimum absolute atomic E-state index is 1.06. The second-order valence-electron chi connectivity index (χ2n) is 14.2. The first kappa shape index (κ1) is 35.3. The Kier molecular flexibility index (Phi) is 9.75. The number of allylic oxidation sites excluding steroid dienone is 1. The lowest BCUT2D eigenvalue weighted by molar-refractivity contribution is 1.10. The molecule has 2 nitrogen and oxygen atoms in total. The molecule has 9 aromatic rings. The Morgan fingerprint density at radius 2 is 0.789 bits per heavy atom. The summed E-state index contributed by atoms with van der Waals surface area (Å²) in [4.78, 5) is 2.35. The van der Waals surface area contributed by atoms with Gasteiger partial charge in [0.2, 0.25) is 0 Å². The van der Waals surface area contributed by atoms with E-state index < -0.39 is 0 Å². The zero-order valence-electron chi connectivity index (χ0n) is 32.0. The third kappa shape index (κ3) is 7.01. The highest BCUT2D eigenvalue weighted by molar-refractivity contribution is 5.98. The second-order valence-corrected chi connectivity index (χ2v) is 14.2. The molecule has 0 bridgehead atoms. The Balaban J connectivity index is 1.14. The van der Waals surface area contributed by atoms with Gasteiger partial charge >= 0.3 is 0 Å². The highest BCUT2D eigenvalue weighted by Crippen LogP contribution is 2.41. The van der Waals surface area contributed by atoms with E-state index >= 15 is 0 Å². The minimum Gasteiger partial charge on any atom is -0.310 e. The Labute approximate surface area is 335 Å². The number of aromatic nitrogens is 1. The van der Waals surface area contributed by atoms with Gasteiger partial charge in [0.25, 0.3) is 0 Å². The maximum absolute atomic E-state index is 4.31. The molecular formula is C55H42N2. The van der Waals surface area contributed by atoms with Gasteiger partial charge in [-0.2, -0.15) is 0 Å². The number of hydrogen-bond acceptors (Lipinski definition) is 1. The van der Waals surface area contributed by atoms with Crippen LogP contribution >= 0.6 is 0 Å². The van der Waals surface area contributed by atoms with E-state index in [0.29, 0.717) is 0 Å². The van der Waals surface area contributed by atoms with Gasteiger partial charge in [0.1, 0.15) is 0 Å². The van der Waals surface area contributed by atoms with Gasteiger partial charge in [-0.25, -0.2) is 0 Å². The number of fused-ring (bicyclic) bond motifs is 1. The zero-order valence-corrected chi connectivity index (χ0v) is 32.0. The predicted molar refractivity (Wildman–Crippen MR) is 245 cm³/mol. The van der Waals surface area contributed by atoms with Crippen molar-refractivity contribution in [2.75, 3.05) is 4.90 Å². The van der Waals surface area contributed by atoms with Crippen molar-refractivity contribution in [1.82, 2.24) is 4.57 Å². The Morgan fingerprint density at radius 1 is 0.421 bits per heavy atom. The topological polar surface area (TPSA) is 8.17 Å². The van der Waals surface area contributed by atoms with Gasteiger partial charge in [0, 0.05) is 33.7 Å². The standard InChI is InChI=1S/C55H42N2/c1-3-14-52-53-38-37-51(39-55(53)57(54(52)4-2)50-35-29-47(30-36-50)44-23-21-43(22-24-44)40-15-8-5-9-16-40)56(48-31-25-45(26-32-48)41-17-10-6-11-18-41)49-33-27-46(28-34-49)42-19-12-7-13-20-42/h3-39H,2H2,1H3/b14-3-. The molecule has 0 N–H and O–H groups in total. The van der Waals surface area contributed by atoms with E-state index in [4.69, 9.17) is 0 Å². The first-order chi connectivity index (χ1) is 28.2. The van der Waals surface area contributed by atoms with Gasteiger partial charge in [-0.1, -0.05) is 176 Å². The van der Waals surface area contributed by atoms with E-state index in [2.05, 4.69) is 241 Å². The molecule has 0 aliphatic carbocycles. The maximum atomic E-state index is 4.31. The van der Waals surface area contributed by atoms with Crippen LogP contribution in [0.1, 0.15) is 18.2 Å². The first-order valence-corrected chi connectivity index (χ1v) is 19.5. The van der Waals surface area contributed by atoms with Crippen molar-refractivity contribution in [3.63, 3.8) is 0 Å². The van der Waals surface area contributed by atoms with Crippen LogP contribution in [0.25, 0.3) is 73.2 Å². The Hall–Kier alpha value is -7.42. The molecule has 9 rings (SSSR count). The van der Waals surface area contributed by atoms with Crippen LogP contribution in [0.15, 0.2) is 219 Å². The van der Waals surface area contributed by atoms with Crippen molar-refractivity contribution in [3.05, 3.63) is 230 Å². The highest BCUT2D eigenvalue weighted by Gasteiger charge is 2.19. The van der Waals surface area contributed by atoms with E-state index in [1.807, 2.05) is 6.08 Å². The highest BCUT2D eigenvalue weighted by atomic mass is 15.1. The molecule has 0 amide bonds. The molecule has 2 heteroatoms. The largest absolute Gasteiger partial charge is 0.310 e. The molecule has 0 radical (unpaired) electrons. The van der Waals surface area contributed by atoms with Crippen molar-refractivity contribution in [2.24, 2.45) is 0 Å². The summed E-state index contributed by atoms with van der Waals surface area (Å²) in [5, 5.41) is 1.17. The fraction of sp³-hybridized carbons (Fsp3) is 0.0182. The van der Waals surface area contributed by atoms with E-state index in [0.717, 1.165) is 39.5 Å². The molecule has 8 aromatic carbocycles. The van der Waals surface area contributed by atoms with Crippen LogP contribution in [0.2, 0.25) is 0 Å². The fourth-order valence-corrected chi connectivity index (χ4v) is 7.88. The van der Waals surface area contributed by atoms with Crippen molar-refractivity contribution in [1.29, 1.82) is 0 Å². The molecule has 0 aliphatic heterocycles. The average molecular weight is 731 g/mol. The van der Waals surface area contributed by atoms with Crippen LogP contribution in [0.4, 0.5) is 17.1 Å². The normalized spacial score (nSPS) is 11.2. The molecule has 57 heavy (non-hydrogen) atoms. The molecule has 0 atom stereocenters. The first-order valence-electron chi connectivity index (χ1n) is 19.5. The quantitative estimate of drug-likeness (QED) is 0.136. The molecule has 0 aliphatic rings. The summed E-state index contributed by atoms with van der Waals surface area (Å²) in [7, 11) is 0. The lowest BCUT2D eigenvalue weighted by Crippen LogP contribution is -2.10. The number of nitrogens with zero attached hydrogens (tertiary/aromatic N) is 2.